The summed E-state index contributed by atoms with van der Waals surface area (Å²) >= 11 is 5.83. The summed E-state index contributed by atoms with van der Waals surface area (Å²) in [6.07, 6.45) is 1.94. The van der Waals surface area contributed by atoms with Crippen LogP contribution in [0.2, 0.25) is 0 Å². The summed E-state index contributed by atoms with van der Waals surface area (Å²) in [6, 6.07) is 21.9. The van der Waals surface area contributed by atoms with E-state index in [9.17, 15) is 4.79 Å². The van der Waals surface area contributed by atoms with E-state index >= 15 is 0 Å². The smallest absolute Gasteiger partial charge is 0.252 e. The lowest BCUT2D eigenvalue weighted by molar-refractivity contribution is 0.0952. The van der Waals surface area contributed by atoms with Crippen molar-refractivity contribution in [3.05, 3.63) is 97.7 Å². The number of nitrogens with zero attached hydrogens (tertiary/aromatic N) is 1. The Labute approximate surface area is 213 Å². The number of aromatic nitrogens is 2. The number of hydrogen-bond acceptors (Lipinski definition) is 3. The summed E-state index contributed by atoms with van der Waals surface area (Å²) < 4.78 is 2.06. The van der Waals surface area contributed by atoms with Gasteiger partial charge >= 0.3 is 0 Å². The molecule has 5 aromatic rings. The fourth-order valence-electron chi connectivity index (χ4n) is 3.90. The minimum atomic E-state index is -0.131. The number of benzene rings is 3. The van der Waals surface area contributed by atoms with Crippen molar-refractivity contribution in [1.82, 2.24) is 15.3 Å². The van der Waals surface area contributed by atoms with E-state index in [1.165, 1.54) is 0 Å². The molecule has 5 rings (SSSR count). The Morgan fingerprint density at radius 2 is 1.79 bits per heavy atom. The van der Waals surface area contributed by atoms with Crippen LogP contribution >= 0.6 is 38.5 Å². The molecule has 0 atom stereocenters. The molecule has 2 aromatic heterocycles. The second-order valence-electron chi connectivity index (χ2n) is 7.81. The van der Waals surface area contributed by atoms with Crippen molar-refractivity contribution in [3.8, 4) is 11.3 Å². The highest BCUT2D eigenvalue weighted by molar-refractivity contribution is 14.1. The van der Waals surface area contributed by atoms with Gasteiger partial charge in [-0.25, -0.2) is 4.98 Å². The second kappa shape index (κ2) is 9.24. The molecule has 4 N–H and O–H groups in total. The molecular formula is C26H20BrIN4O. The number of pyridine rings is 1. The number of hydrogen-bond donors (Lipinski definition) is 3. The molecule has 0 fully saturated rings. The molecular weight excluding hydrogens is 591 g/mol. The number of H-pyrrole nitrogens is 1. The van der Waals surface area contributed by atoms with E-state index in [2.05, 4.69) is 54.9 Å². The standard InChI is InChI=1S/C26H20BrIN4O/c27-17-5-8-23-20(9-17)22(14-30-23)25-11-21(19-7-6-18(28)10-24(19)32-25)26(33)31-13-16-3-1-15(12-29)2-4-16/h1-11,14,30H,12-13,29H2,(H,31,33). The second-order valence-corrected chi connectivity index (χ2v) is 9.97. The van der Waals surface area contributed by atoms with Gasteiger partial charge in [0.1, 0.15) is 0 Å². The minimum Gasteiger partial charge on any atom is -0.360 e. The largest absolute Gasteiger partial charge is 0.360 e. The average Bonchev–Trinajstić information content (AvgIpc) is 3.25. The Kier molecular flexibility index (Phi) is 6.18. The molecule has 3 aromatic carbocycles. The van der Waals surface area contributed by atoms with Crippen molar-refractivity contribution in [2.75, 3.05) is 0 Å². The zero-order valence-electron chi connectivity index (χ0n) is 17.5. The third-order valence-corrected chi connectivity index (χ3v) is 6.81. The highest BCUT2D eigenvalue weighted by Crippen LogP contribution is 2.32. The number of carbonyl (C=O) groups is 1. The first-order valence-corrected chi connectivity index (χ1v) is 12.3. The van der Waals surface area contributed by atoms with E-state index in [0.717, 1.165) is 52.2 Å². The number of halogens is 2. The Hall–Kier alpha value is -2.75. The van der Waals surface area contributed by atoms with Gasteiger partial charge in [0.2, 0.25) is 0 Å². The van der Waals surface area contributed by atoms with Crippen molar-refractivity contribution in [3.63, 3.8) is 0 Å². The van der Waals surface area contributed by atoms with Crippen molar-refractivity contribution < 1.29 is 4.79 Å². The van der Waals surface area contributed by atoms with Crippen molar-refractivity contribution in [2.45, 2.75) is 13.1 Å². The molecule has 0 saturated carbocycles. The normalized spacial score (nSPS) is 11.2. The fourth-order valence-corrected chi connectivity index (χ4v) is 4.74. The van der Waals surface area contributed by atoms with E-state index in [4.69, 9.17) is 10.7 Å². The molecule has 0 bridgehead atoms. The quantitative estimate of drug-likeness (QED) is 0.209. The Bertz CT molecular complexity index is 1490. The molecule has 5 nitrogen and oxygen atoms in total. The summed E-state index contributed by atoms with van der Waals surface area (Å²) in [5.74, 6) is -0.131. The maximum Gasteiger partial charge on any atom is 0.252 e. The van der Waals surface area contributed by atoms with Gasteiger partial charge in [-0.1, -0.05) is 46.3 Å². The Balaban J connectivity index is 1.55. The fraction of sp³-hybridized carbons (Fsp3) is 0.0769. The van der Waals surface area contributed by atoms with Gasteiger partial charge in [0, 0.05) is 49.2 Å². The van der Waals surface area contributed by atoms with Gasteiger partial charge in [0.05, 0.1) is 16.8 Å². The topological polar surface area (TPSA) is 83.8 Å². The van der Waals surface area contributed by atoms with Crippen LogP contribution in [0, 0.1) is 3.57 Å². The summed E-state index contributed by atoms with van der Waals surface area (Å²) in [4.78, 5) is 21.5. The van der Waals surface area contributed by atoms with Gasteiger partial charge in [-0.2, -0.15) is 0 Å². The van der Waals surface area contributed by atoms with Gasteiger partial charge in [-0.15, -0.1) is 0 Å². The predicted octanol–water partition coefficient (Wildman–Crippen LogP) is 6.14. The Morgan fingerprint density at radius 3 is 2.58 bits per heavy atom. The molecule has 164 valence electrons. The van der Waals surface area contributed by atoms with E-state index < -0.39 is 0 Å². The number of nitrogens with one attached hydrogen (secondary N) is 2. The van der Waals surface area contributed by atoms with Crippen LogP contribution in [0.3, 0.4) is 0 Å². The molecule has 33 heavy (non-hydrogen) atoms. The molecule has 1 amide bonds. The third kappa shape index (κ3) is 4.53. The van der Waals surface area contributed by atoms with Gasteiger partial charge < -0.3 is 16.0 Å². The molecule has 0 aliphatic carbocycles. The molecule has 7 heteroatoms. The molecule has 0 spiro atoms. The minimum absolute atomic E-state index is 0.131. The molecule has 0 aliphatic heterocycles. The number of fused-ring (bicyclic) bond motifs is 2. The number of nitrogens with two attached hydrogens (primary N) is 1. The van der Waals surface area contributed by atoms with Crippen LogP contribution in [0.5, 0.6) is 0 Å². The summed E-state index contributed by atoms with van der Waals surface area (Å²) in [7, 11) is 0. The predicted molar refractivity (Wildman–Crippen MR) is 145 cm³/mol. The van der Waals surface area contributed by atoms with Gasteiger partial charge in [0.15, 0.2) is 0 Å². The van der Waals surface area contributed by atoms with Crippen LogP contribution in [0.4, 0.5) is 0 Å². The van der Waals surface area contributed by atoms with Gasteiger partial charge in [-0.3, -0.25) is 4.79 Å². The number of amides is 1. The highest BCUT2D eigenvalue weighted by atomic mass is 127. The molecule has 0 aliphatic rings. The monoisotopic (exact) mass is 610 g/mol. The summed E-state index contributed by atoms with van der Waals surface area (Å²) in [5.41, 5.74) is 11.9. The van der Waals surface area contributed by atoms with E-state index in [1.54, 1.807) is 0 Å². The summed E-state index contributed by atoms with van der Waals surface area (Å²) in [6.45, 7) is 0.939. The zero-order chi connectivity index (χ0) is 22.9. The highest BCUT2D eigenvalue weighted by Gasteiger charge is 2.16. The van der Waals surface area contributed by atoms with Crippen molar-refractivity contribution in [1.29, 1.82) is 0 Å². The zero-order valence-corrected chi connectivity index (χ0v) is 21.3. The van der Waals surface area contributed by atoms with E-state index in [0.29, 0.717) is 18.7 Å². The van der Waals surface area contributed by atoms with Gasteiger partial charge in [-0.05, 0) is 70.1 Å². The van der Waals surface area contributed by atoms with E-state index in [1.807, 2.05) is 66.9 Å². The van der Waals surface area contributed by atoms with Crippen LogP contribution in [0.15, 0.2) is 77.4 Å². The molecule has 2 heterocycles. The first-order valence-electron chi connectivity index (χ1n) is 10.5. The average molecular weight is 611 g/mol. The summed E-state index contributed by atoms with van der Waals surface area (Å²) in [5, 5.41) is 4.94. The molecule has 0 radical (unpaired) electrons. The third-order valence-electron chi connectivity index (χ3n) is 5.65. The van der Waals surface area contributed by atoms with Gasteiger partial charge in [0.25, 0.3) is 5.91 Å². The van der Waals surface area contributed by atoms with E-state index in [-0.39, 0.29) is 5.91 Å². The number of rotatable bonds is 5. The first kappa shape index (κ1) is 22.1. The number of carbonyl (C=O) groups excluding carboxylic acids is 1. The van der Waals surface area contributed by atoms with Crippen LogP contribution < -0.4 is 11.1 Å². The van der Waals surface area contributed by atoms with Crippen LogP contribution in [0.1, 0.15) is 21.5 Å². The lowest BCUT2D eigenvalue weighted by Gasteiger charge is -2.11. The first-order chi connectivity index (χ1) is 16.0. The molecule has 0 saturated heterocycles. The maximum atomic E-state index is 13.3. The lowest BCUT2D eigenvalue weighted by atomic mass is 10.0. The SMILES string of the molecule is NCc1ccc(CNC(=O)c2cc(-c3c[nH]c4ccc(Br)cc34)nc3cc(I)ccc23)cc1. The Morgan fingerprint density at radius 1 is 1.00 bits per heavy atom. The van der Waals surface area contributed by atoms with Crippen LogP contribution in [0.25, 0.3) is 33.1 Å². The van der Waals surface area contributed by atoms with Crippen molar-refractivity contribution in [2.24, 2.45) is 5.73 Å². The van der Waals surface area contributed by atoms with Crippen LogP contribution in [-0.4, -0.2) is 15.9 Å². The van der Waals surface area contributed by atoms with Crippen LogP contribution in [-0.2, 0) is 13.1 Å². The number of aromatic amines is 1. The maximum absolute atomic E-state index is 13.3. The molecule has 0 unspecified atom stereocenters. The lowest BCUT2D eigenvalue weighted by Crippen LogP contribution is -2.23. The van der Waals surface area contributed by atoms with Crippen molar-refractivity contribution >= 4 is 66.2 Å².